The average molecular weight is 287 g/mol. The van der Waals surface area contributed by atoms with E-state index in [2.05, 4.69) is 44.0 Å². The van der Waals surface area contributed by atoms with Gasteiger partial charge >= 0.3 is 0 Å². The fourth-order valence-corrected chi connectivity index (χ4v) is 3.18. The molecular formula is C18H29N3. The predicted molar refractivity (Wildman–Crippen MR) is 88.8 cm³/mol. The van der Waals surface area contributed by atoms with Crippen molar-refractivity contribution in [1.29, 1.82) is 0 Å². The Kier molecular flexibility index (Phi) is 3.96. The van der Waals surface area contributed by atoms with Crippen molar-refractivity contribution in [3.63, 3.8) is 0 Å². The van der Waals surface area contributed by atoms with E-state index >= 15 is 0 Å². The van der Waals surface area contributed by atoms with Crippen LogP contribution in [0.5, 0.6) is 0 Å². The molecule has 3 nitrogen and oxygen atoms in total. The van der Waals surface area contributed by atoms with Crippen molar-refractivity contribution in [3.05, 3.63) is 22.9 Å². The molecule has 0 amide bonds. The van der Waals surface area contributed by atoms with Gasteiger partial charge in [-0.15, -0.1) is 0 Å². The number of hydrogen-bond donors (Lipinski definition) is 1. The molecule has 3 rings (SSSR count). The van der Waals surface area contributed by atoms with E-state index in [0.29, 0.717) is 5.41 Å². The number of anilines is 1. The van der Waals surface area contributed by atoms with E-state index < -0.39 is 0 Å². The minimum absolute atomic E-state index is 0.488. The van der Waals surface area contributed by atoms with Gasteiger partial charge in [0.1, 0.15) is 5.82 Å². The molecule has 0 radical (unpaired) electrons. The van der Waals surface area contributed by atoms with Crippen LogP contribution in [0.2, 0.25) is 0 Å². The van der Waals surface area contributed by atoms with Crippen LogP contribution in [-0.2, 0) is 6.54 Å². The maximum atomic E-state index is 4.89. The minimum atomic E-state index is 0.488. The number of rotatable bonds is 4. The molecule has 1 saturated heterocycles. The highest BCUT2D eigenvalue weighted by atomic mass is 15.2. The van der Waals surface area contributed by atoms with Crippen LogP contribution in [-0.4, -0.2) is 24.1 Å². The van der Waals surface area contributed by atoms with Crippen molar-refractivity contribution in [2.75, 3.05) is 18.0 Å². The van der Waals surface area contributed by atoms with Crippen LogP contribution in [0.3, 0.4) is 0 Å². The molecule has 0 atom stereocenters. The molecule has 1 saturated carbocycles. The van der Waals surface area contributed by atoms with Gasteiger partial charge in [-0.25, -0.2) is 4.98 Å². The molecule has 1 aromatic rings. The summed E-state index contributed by atoms with van der Waals surface area (Å²) in [5, 5.41) is 3.66. The van der Waals surface area contributed by atoms with Gasteiger partial charge in [-0.1, -0.05) is 13.8 Å². The van der Waals surface area contributed by atoms with Gasteiger partial charge in [-0.2, -0.15) is 0 Å². The summed E-state index contributed by atoms with van der Waals surface area (Å²) < 4.78 is 0. The molecule has 1 aliphatic carbocycles. The lowest BCUT2D eigenvalue weighted by molar-refractivity contribution is 0.279. The molecule has 0 bridgehead atoms. The SMILES string of the molecule is Cc1cc(C)c(CNC2CC2)c(N2CCC(C)(C)CC2)n1. The fourth-order valence-electron chi connectivity index (χ4n) is 3.18. The van der Waals surface area contributed by atoms with Gasteiger partial charge in [0.05, 0.1) is 0 Å². The van der Waals surface area contributed by atoms with Gasteiger partial charge in [0.2, 0.25) is 0 Å². The standard InChI is InChI=1S/C18H29N3/c1-13-11-14(2)20-17(16(13)12-19-15-5-6-15)21-9-7-18(3,4)8-10-21/h11,15,19H,5-10,12H2,1-4H3. The third-order valence-electron chi connectivity index (χ3n) is 5.01. The van der Waals surface area contributed by atoms with Crippen molar-refractivity contribution in [1.82, 2.24) is 10.3 Å². The summed E-state index contributed by atoms with van der Waals surface area (Å²) in [4.78, 5) is 7.40. The van der Waals surface area contributed by atoms with E-state index in [1.165, 1.54) is 42.6 Å². The third kappa shape index (κ3) is 3.57. The third-order valence-corrected chi connectivity index (χ3v) is 5.01. The first-order chi connectivity index (χ1) is 9.94. The molecule has 1 aromatic heterocycles. The van der Waals surface area contributed by atoms with Crippen molar-refractivity contribution in [3.8, 4) is 0 Å². The zero-order valence-corrected chi connectivity index (χ0v) is 14.0. The predicted octanol–water partition coefficient (Wildman–Crippen LogP) is 3.58. The zero-order valence-electron chi connectivity index (χ0n) is 14.0. The number of aromatic nitrogens is 1. The first kappa shape index (κ1) is 14.8. The van der Waals surface area contributed by atoms with Crippen molar-refractivity contribution < 1.29 is 0 Å². The molecule has 2 heterocycles. The number of aryl methyl sites for hydroxylation is 2. The van der Waals surface area contributed by atoms with Gasteiger partial charge in [-0.3, -0.25) is 0 Å². The zero-order chi connectivity index (χ0) is 15.0. The Morgan fingerprint density at radius 1 is 1.24 bits per heavy atom. The minimum Gasteiger partial charge on any atom is -0.356 e. The van der Waals surface area contributed by atoms with Crippen LogP contribution < -0.4 is 10.2 Å². The molecule has 0 aromatic carbocycles. The Hall–Kier alpha value is -1.09. The Labute approximate surface area is 129 Å². The number of nitrogens with one attached hydrogen (secondary N) is 1. The molecule has 2 aliphatic rings. The molecular weight excluding hydrogens is 258 g/mol. The number of hydrogen-bond acceptors (Lipinski definition) is 3. The lowest BCUT2D eigenvalue weighted by Crippen LogP contribution is -2.38. The van der Waals surface area contributed by atoms with E-state index in [9.17, 15) is 0 Å². The van der Waals surface area contributed by atoms with Crippen molar-refractivity contribution >= 4 is 5.82 Å². The lowest BCUT2D eigenvalue weighted by atomic mass is 9.82. The number of pyridine rings is 1. The van der Waals surface area contributed by atoms with Gasteiger partial charge < -0.3 is 10.2 Å². The molecule has 21 heavy (non-hydrogen) atoms. The topological polar surface area (TPSA) is 28.2 Å². The summed E-state index contributed by atoms with van der Waals surface area (Å²) in [5.74, 6) is 1.23. The van der Waals surface area contributed by atoms with E-state index in [4.69, 9.17) is 4.98 Å². The molecule has 116 valence electrons. The second-order valence-corrected chi connectivity index (χ2v) is 7.69. The van der Waals surface area contributed by atoms with E-state index in [-0.39, 0.29) is 0 Å². The average Bonchev–Trinajstić information content (AvgIpc) is 3.21. The second-order valence-electron chi connectivity index (χ2n) is 7.69. The molecule has 1 aliphatic heterocycles. The van der Waals surface area contributed by atoms with E-state index in [0.717, 1.165) is 31.4 Å². The van der Waals surface area contributed by atoms with Crippen LogP contribution in [0.25, 0.3) is 0 Å². The Morgan fingerprint density at radius 2 is 1.90 bits per heavy atom. The molecule has 3 heteroatoms. The summed E-state index contributed by atoms with van der Waals surface area (Å²) in [6, 6.07) is 2.97. The summed E-state index contributed by atoms with van der Waals surface area (Å²) in [6.45, 7) is 12.4. The van der Waals surface area contributed by atoms with Crippen molar-refractivity contribution in [2.45, 2.75) is 66.0 Å². The molecule has 0 unspecified atom stereocenters. The molecule has 2 fully saturated rings. The first-order valence-electron chi connectivity index (χ1n) is 8.40. The van der Waals surface area contributed by atoms with E-state index in [1.54, 1.807) is 0 Å². The number of piperidine rings is 1. The van der Waals surface area contributed by atoms with E-state index in [1.807, 2.05) is 0 Å². The maximum Gasteiger partial charge on any atom is 0.133 e. The summed E-state index contributed by atoms with van der Waals surface area (Å²) in [6.07, 6.45) is 5.20. The summed E-state index contributed by atoms with van der Waals surface area (Å²) >= 11 is 0. The monoisotopic (exact) mass is 287 g/mol. The highest BCUT2D eigenvalue weighted by Crippen LogP contribution is 2.33. The highest BCUT2D eigenvalue weighted by molar-refractivity contribution is 5.52. The fraction of sp³-hybridized carbons (Fsp3) is 0.722. The quantitative estimate of drug-likeness (QED) is 0.917. The number of nitrogens with zero attached hydrogens (tertiary/aromatic N) is 2. The normalized spacial score (nSPS) is 21.6. The van der Waals surface area contributed by atoms with Gasteiger partial charge in [0.15, 0.2) is 0 Å². The Morgan fingerprint density at radius 3 is 2.52 bits per heavy atom. The lowest BCUT2D eigenvalue weighted by Gasteiger charge is -2.38. The van der Waals surface area contributed by atoms with Gasteiger partial charge in [-0.05, 0) is 56.6 Å². The first-order valence-corrected chi connectivity index (χ1v) is 8.40. The Balaban J connectivity index is 1.81. The van der Waals surface area contributed by atoms with Crippen LogP contribution in [0.15, 0.2) is 6.07 Å². The largest absolute Gasteiger partial charge is 0.356 e. The molecule has 1 N–H and O–H groups in total. The highest BCUT2D eigenvalue weighted by Gasteiger charge is 2.28. The van der Waals surface area contributed by atoms with Crippen LogP contribution in [0, 0.1) is 19.3 Å². The van der Waals surface area contributed by atoms with Gasteiger partial charge in [0.25, 0.3) is 0 Å². The van der Waals surface area contributed by atoms with Crippen LogP contribution >= 0.6 is 0 Å². The second kappa shape index (κ2) is 5.60. The molecule has 0 spiro atoms. The van der Waals surface area contributed by atoms with Crippen molar-refractivity contribution in [2.24, 2.45) is 5.41 Å². The Bertz CT molecular complexity index is 507. The summed E-state index contributed by atoms with van der Waals surface area (Å²) in [5.41, 5.74) is 4.42. The van der Waals surface area contributed by atoms with Crippen LogP contribution in [0.4, 0.5) is 5.82 Å². The van der Waals surface area contributed by atoms with Gasteiger partial charge in [0, 0.05) is 36.9 Å². The summed E-state index contributed by atoms with van der Waals surface area (Å²) in [7, 11) is 0. The maximum absolute atomic E-state index is 4.89. The smallest absolute Gasteiger partial charge is 0.133 e. The van der Waals surface area contributed by atoms with Crippen LogP contribution in [0.1, 0.15) is 56.4 Å².